The summed E-state index contributed by atoms with van der Waals surface area (Å²) in [6.45, 7) is 17.7. The Morgan fingerprint density at radius 2 is 0.711 bits per heavy atom. The van der Waals surface area contributed by atoms with Crippen LogP contribution >= 0.6 is 0 Å². The molecule has 26 rings (SSSR count). The Bertz CT molecular complexity index is 8660. The fourth-order valence-electron chi connectivity index (χ4n) is 21.4. The molecule has 0 aliphatic carbocycles. The van der Waals surface area contributed by atoms with Crippen molar-refractivity contribution in [2.24, 2.45) is 4.99 Å². The topological polar surface area (TPSA) is 213 Å². The molecule has 36 bridgehead atoms. The van der Waals surface area contributed by atoms with Crippen molar-refractivity contribution in [3.8, 4) is 56.7 Å². The van der Waals surface area contributed by atoms with Gasteiger partial charge < -0.3 is 30.2 Å². The van der Waals surface area contributed by atoms with Crippen LogP contribution in [0.2, 0.25) is 0 Å². The minimum Gasteiger partial charge on any atom is -0.677 e. The average Bonchev–Trinajstić information content (AvgIpc) is 1.74. The van der Waals surface area contributed by atoms with Crippen LogP contribution in [0.1, 0.15) is 219 Å². The second kappa shape index (κ2) is 45.7. The maximum Gasteiger partial charge on any atom is 2.00 e. The summed E-state index contributed by atoms with van der Waals surface area (Å²) in [5.74, 6) is 0. The first-order chi connectivity index (χ1) is 71.3. The zero-order valence-electron chi connectivity index (χ0n) is 83.7. The van der Waals surface area contributed by atoms with Gasteiger partial charge in [-0.15, -0.1) is 73.1 Å². The van der Waals surface area contributed by atoms with Crippen molar-refractivity contribution < 1.29 is 84.3 Å². The van der Waals surface area contributed by atoms with Crippen molar-refractivity contribution in [1.82, 2.24) is 69.8 Å². The van der Waals surface area contributed by atoms with Gasteiger partial charge in [0.25, 0.3) is 0 Å². The maximum absolute atomic E-state index is 5.19. The van der Waals surface area contributed by atoms with Crippen LogP contribution in [0, 0.1) is 12.1 Å². The van der Waals surface area contributed by atoms with Crippen LogP contribution in [0.15, 0.2) is 278 Å². The Morgan fingerprint density at radius 1 is 0.282 bits per heavy atom. The van der Waals surface area contributed by atoms with E-state index in [-0.39, 0.29) is 90.3 Å². The standard InChI is InChI=1S/C39H25N5.C33H31N5.C33H32N4.C24H16N2.4Pt/c1-2-14-29-28(13-1)34-19-24-9-7-11-26(40-24)21-36-30-15-3-5-17-32(30)38(43-36)23-39-33-18-6-4-16-31(33)37(44-39)22-27-12-8-10-25(41-27)20-35(29)42-34;1-5-21-22(6-2)31-19-32-23(7-3)24(8-4)33(38-32)29-17-11-16-28(36-29)27-15-10-14-26(35-27)25-13-9-12-20(34-25)18-30(21)37-31;1-5-24-26(7-3)30-19-31-27(8-4)25(6-2)29(37-31)18-16-23-14-12-21-10-9-20-11-13-22(15-17-28(24)36-30)34-32(20)33(21)35-23;1-5-17-13-19(7-1)20-8-2-6-18(14-20)16-22-10-4-12-24(26-22)23-11-3-9-21(15-17)25-23;;;;/h1-19,21-23,35H,20H2;9-19H,5-8H2,1-4H3;9-18H,5-8,19H2,1-4H3;1-12H,15-16H2;;;;/q4*-2;4*+2/b34-19?,36-21?,37-22-,38-23-;;;;;;;. The molecule has 0 saturated carbocycles. The van der Waals surface area contributed by atoms with Crippen LogP contribution in [-0.4, -0.2) is 50.6 Å². The van der Waals surface area contributed by atoms with Crippen LogP contribution in [0.4, 0.5) is 0 Å². The third-order valence-corrected chi connectivity index (χ3v) is 28.2. The van der Waals surface area contributed by atoms with Crippen LogP contribution in [0.25, 0.3) is 167 Å². The van der Waals surface area contributed by atoms with Crippen molar-refractivity contribution in [1.29, 1.82) is 0 Å². The van der Waals surface area contributed by atoms with E-state index in [1.165, 1.54) is 50.1 Å². The van der Waals surface area contributed by atoms with Crippen LogP contribution in [0.5, 0.6) is 0 Å². The molecule has 0 radical (unpaired) electrons. The van der Waals surface area contributed by atoms with Crippen molar-refractivity contribution in [3.63, 3.8) is 0 Å². The summed E-state index contributed by atoms with van der Waals surface area (Å²) in [6.07, 6.45) is 31.6. The van der Waals surface area contributed by atoms with Gasteiger partial charge in [0.2, 0.25) is 0 Å². The molecule has 6 aliphatic heterocycles. The number of hydrogen-bond donors (Lipinski definition) is 0. The van der Waals surface area contributed by atoms with E-state index < -0.39 is 0 Å². The molecule has 14 aromatic heterocycles. The van der Waals surface area contributed by atoms with Gasteiger partial charge in [-0.2, -0.15) is 47.8 Å². The largest absolute Gasteiger partial charge is 2.00 e. The Hall–Kier alpha value is -14.5. The summed E-state index contributed by atoms with van der Waals surface area (Å²) in [6, 6.07) is 100. The number of nitrogens with zero attached hydrogens (tertiary/aromatic N) is 16. The van der Waals surface area contributed by atoms with E-state index in [1.54, 1.807) is 0 Å². The van der Waals surface area contributed by atoms with E-state index in [9.17, 15) is 0 Å². The third kappa shape index (κ3) is 21.3. The van der Waals surface area contributed by atoms with Gasteiger partial charge in [-0.25, -0.2) is 46.0 Å². The van der Waals surface area contributed by atoms with Gasteiger partial charge in [0, 0.05) is 44.7 Å². The van der Waals surface area contributed by atoms with E-state index in [0.717, 1.165) is 306 Å². The molecule has 1 atom stereocenters. The monoisotopic (exact) mass is 2660 g/mol. The fourth-order valence-corrected chi connectivity index (χ4v) is 21.4. The fraction of sp³-hybridized carbons (Fsp3) is 0.163. The molecule has 0 amide bonds. The molecule has 20 heteroatoms. The first-order valence-electron chi connectivity index (χ1n) is 50.8. The number of rotatable bonds is 8. The van der Waals surface area contributed by atoms with Crippen molar-refractivity contribution >= 4 is 110 Å². The molecular weight excluding hydrogens is 2550 g/mol. The molecule has 6 aliphatic rings. The van der Waals surface area contributed by atoms with Gasteiger partial charge in [0.1, 0.15) is 0 Å². The minimum absolute atomic E-state index is 0. The van der Waals surface area contributed by atoms with E-state index >= 15 is 0 Å². The van der Waals surface area contributed by atoms with Crippen LogP contribution in [-0.2, 0) is 161 Å². The van der Waals surface area contributed by atoms with Crippen molar-refractivity contribution in [2.75, 3.05) is 0 Å². The zero-order valence-corrected chi connectivity index (χ0v) is 92.8. The predicted octanol–water partition coefficient (Wildman–Crippen LogP) is 23.8. The average molecular weight is 2660 g/mol. The van der Waals surface area contributed by atoms with E-state index in [1.807, 2.05) is 84.9 Å². The Morgan fingerprint density at radius 3 is 1.29 bits per heavy atom. The zero-order chi connectivity index (χ0) is 98.1. The second-order valence-corrected chi connectivity index (χ2v) is 37.2. The number of benzene rings is 6. The summed E-state index contributed by atoms with van der Waals surface area (Å²) < 4.78 is 0. The van der Waals surface area contributed by atoms with Gasteiger partial charge in [-0.05, 0) is 215 Å². The SMILES string of the molecule is C1=C2[N-]C(Cc3cccc(n3)\C=C3/N=C(/C=c4\[n-]c(c5ccccc45)=Cc4cccc1n4)c1ccccc13)c1ccccc12.CCc1c2[n-]c(c1CC)-c1cccc(n1)-c1cccc(n1)-c1cccc(n1)C=c1[n-]c(c(CC)c1CC)=C2.CCc1c2[n-]c(c1CC)Cc1[n-]c(c(CC)c1CC)C=Cc1ccc3ccc4ccc(nc4c3n1)C=C2.[Pt+2].[Pt+2].[Pt+2].[Pt+2].[c-]1c2cccc1-c1[c-]c(ccc1)Cc1cccc(n1)-c1cccc(n1)C2. The van der Waals surface area contributed by atoms with Gasteiger partial charge >= 0.3 is 84.3 Å². The molecule has 1 unspecified atom stereocenters. The smallest absolute Gasteiger partial charge is 0.677 e. The summed E-state index contributed by atoms with van der Waals surface area (Å²) in [5, 5.41) is 13.3. The first-order valence-corrected chi connectivity index (χ1v) is 50.8. The number of hydrogen-bond acceptors (Lipinski definition) is 10. The van der Waals surface area contributed by atoms with Gasteiger partial charge in [0.05, 0.1) is 90.8 Å². The molecule has 20 aromatic rings. The normalized spacial score (nSPS) is 13.8. The second-order valence-electron chi connectivity index (χ2n) is 37.2. The van der Waals surface area contributed by atoms with Crippen molar-refractivity contribution in [2.45, 2.75) is 138 Å². The molecule has 0 spiro atoms. The van der Waals surface area contributed by atoms with Crippen LogP contribution < -0.4 is 46.3 Å². The summed E-state index contributed by atoms with van der Waals surface area (Å²) >= 11 is 0. The molecule has 0 saturated heterocycles. The number of aliphatic imine (C=N–C) groups is 1. The Kier molecular flexibility index (Phi) is 31.6. The quantitative estimate of drug-likeness (QED) is 0.102. The molecule has 740 valence electrons. The molecule has 0 fully saturated rings. The molecule has 20 heterocycles. The van der Waals surface area contributed by atoms with Crippen molar-refractivity contribution in [3.05, 3.63) is 469 Å². The summed E-state index contributed by atoms with van der Waals surface area (Å²) in [5.41, 5.74) is 44.8. The summed E-state index contributed by atoms with van der Waals surface area (Å²) in [4.78, 5) is 75.6. The third-order valence-electron chi connectivity index (χ3n) is 28.2. The van der Waals surface area contributed by atoms with E-state index in [4.69, 9.17) is 80.1 Å². The Labute approximate surface area is 925 Å². The predicted molar refractivity (Wildman–Crippen MR) is 588 cm³/mol. The first kappa shape index (κ1) is 103. The molecular formula is C129H104N16Pt4. The minimum atomic E-state index is -0.0158. The van der Waals surface area contributed by atoms with Gasteiger partial charge in [-0.1, -0.05) is 287 Å². The summed E-state index contributed by atoms with van der Waals surface area (Å²) in [7, 11) is 0. The number of fused-ring (bicyclic) bond motifs is 47. The van der Waals surface area contributed by atoms with E-state index in [2.05, 4.69) is 316 Å². The van der Waals surface area contributed by atoms with Gasteiger partial charge in [-0.3, -0.25) is 15.0 Å². The Balaban J connectivity index is 0.000000125. The molecule has 16 nitrogen and oxygen atoms in total. The molecule has 0 N–H and O–H groups in total. The van der Waals surface area contributed by atoms with E-state index in [0.29, 0.717) is 6.42 Å². The van der Waals surface area contributed by atoms with Crippen LogP contribution in [0.3, 0.4) is 0 Å². The van der Waals surface area contributed by atoms with Gasteiger partial charge in [0.15, 0.2) is 0 Å². The number of aromatic nitrogens is 14. The molecule has 6 aromatic carbocycles. The molecule has 149 heavy (non-hydrogen) atoms. The number of pyridine rings is 9. The maximum atomic E-state index is 5.19.